The van der Waals surface area contributed by atoms with E-state index in [9.17, 15) is 0 Å². The van der Waals surface area contributed by atoms with E-state index in [2.05, 4.69) is 42.2 Å². The molecule has 98 valence electrons. The van der Waals surface area contributed by atoms with E-state index in [1.54, 1.807) is 7.11 Å². The van der Waals surface area contributed by atoms with E-state index >= 15 is 0 Å². The van der Waals surface area contributed by atoms with Gasteiger partial charge in [0.05, 0.1) is 7.11 Å². The minimum Gasteiger partial charge on any atom is -0.497 e. The molecule has 18 heavy (non-hydrogen) atoms. The molecule has 1 aromatic carbocycles. The largest absolute Gasteiger partial charge is 0.497 e. The molecule has 1 N–H and O–H groups in total. The standard InChI is InChI=1S/C15H21NOS/c1-10-8-16-15-13-7-12(17-2)5-3-11(13)4-6-14(15)18-9-10/h3,5,7,10,14-16H,4,6,8-9H2,1-2H3. The van der Waals surface area contributed by atoms with Gasteiger partial charge >= 0.3 is 0 Å². The van der Waals surface area contributed by atoms with Crippen LogP contribution in [0.4, 0.5) is 0 Å². The lowest BCUT2D eigenvalue weighted by atomic mass is 9.87. The van der Waals surface area contributed by atoms with Gasteiger partial charge in [0, 0.05) is 11.3 Å². The second-order valence-corrected chi connectivity index (χ2v) is 6.74. The molecule has 2 aliphatic rings. The van der Waals surface area contributed by atoms with Crippen LogP contribution in [0.1, 0.15) is 30.5 Å². The topological polar surface area (TPSA) is 21.3 Å². The molecule has 0 bridgehead atoms. The second kappa shape index (κ2) is 5.14. The van der Waals surface area contributed by atoms with E-state index in [1.807, 2.05) is 0 Å². The molecule has 3 heteroatoms. The lowest BCUT2D eigenvalue weighted by molar-refractivity contribution is 0.408. The minimum absolute atomic E-state index is 0.513. The molecule has 1 aliphatic heterocycles. The fraction of sp³-hybridized carbons (Fsp3) is 0.600. The summed E-state index contributed by atoms with van der Waals surface area (Å²) in [6, 6.07) is 7.07. The number of hydrogen-bond acceptors (Lipinski definition) is 3. The first-order valence-electron chi connectivity index (χ1n) is 6.79. The predicted octanol–water partition coefficient (Wildman–Crippen LogP) is 3.02. The molecule has 0 saturated carbocycles. The molecule has 3 rings (SSSR count). The van der Waals surface area contributed by atoms with Crippen LogP contribution in [0, 0.1) is 5.92 Å². The quantitative estimate of drug-likeness (QED) is 0.841. The van der Waals surface area contributed by atoms with E-state index < -0.39 is 0 Å². The Kier molecular flexibility index (Phi) is 3.53. The summed E-state index contributed by atoms with van der Waals surface area (Å²) >= 11 is 2.15. The minimum atomic E-state index is 0.513. The van der Waals surface area contributed by atoms with Crippen molar-refractivity contribution in [2.24, 2.45) is 5.92 Å². The molecule has 3 unspecified atom stereocenters. The van der Waals surface area contributed by atoms with Crippen LogP contribution in [0.3, 0.4) is 0 Å². The van der Waals surface area contributed by atoms with Crippen LogP contribution in [0.2, 0.25) is 0 Å². The summed E-state index contributed by atoms with van der Waals surface area (Å²) in [5, 5.41) is 4.50. The van der Waals surface area contributed by atoms with Gasteiger partial charge in [-0.1, -0.05) is 13.0 Å². The molecule has 1 aromatic rings. The first-order valence-corrected chi connectivity index (χ1v) is 7.84. The average Bonchev–Trinajstić information content (AvgIpc) is 2.60. The molecule has 3 atom stereocenters. The first-order chi connectivity index (χ1) is 8.78. The van der Waals surface area contributed by atoms with E-state index in [0.717, 1.165) is 23.5 Å². The summed E-state index contributed by atoms with van der Waals surface area (Å²) in [6.07, 6.45) is 2.51. The zero-order valence-corrected chi connectivity index (χ0v) is 11.9. The van der Waals surface area contributed by atoms with E-state index in [1.165, 1.54) is 29.7 Å². The van der Waals surface area contributed by atoms with Gasteiger partial charge in [0.25, 0.3) is 0 Å². The number of fused-ring (bicyclic) bond motifs is 3. The van der Waals surface area contributed by atoms with Gasteiger partial charge in [-0.05, 0) is 54.3 Å². The van der Waals surface area contributed by atoms with Gasteiger partial charge in [0.2, 0.25) is 0 Å². The van der Waals surface area contributed by atoms with Crippen molar-refractivity contribution in [2.45, 2.75) is 31.1 Å². The zero-order chi connectivity index (χ0) is 12.5. The third-order valence-electron chi connectivity index (χ3n) is 4.04. The number of thioether (sulfide) groups is 1. The normalized spacial score (nSPS) is 31.1. The number of aryl methyl sites for hydroxylation is 1. The van der Waals surface area contributed by atoms with E-state index in [0.29, 0.717) is 6.04 Å². The van der Waals surface area contributed by atoms with Crippen molar-refractivity contribution in [3.8, 4) is 5.75 Å². The highest BCUT2D eigenvalue weighted by Gasteiger charge is 2.32. The Morgan fingerprint density at radius 1 is 1.39 bits per heavy atom. The lowest BCUT2D eigenvalue weighted by Gasteiger charge is -2.32. The Bertz CT molecular complexity index is 435. The van der Waals surface area contributed by atoms with Crippen LogP contribution in [0.15, 0.2) is 18.2 Å². The molecule has 1 heterocycles. The average molecular weight is 263 g/mol. The number of benzene rings is 1. The maximum absolute atomic E-state index is 5.38. The van der Waals surface area contributed by atoms with Crippen molar-refractivity contribution in [3.63, 3.8) is 0 Å². The number of methoxy groups -OCH3 is 1. The lowest BCUT2D eigenvalue weighted by Crippen LogP contribution is -2.34. The molecule has 0 aromatic heterocycles. The Morgan fingerprint density at radius 3 is 3.11 bits per heavy atom. The zero-order valence-electron chi connectivity index (χ0n) is 11.1. The summed E-state index contributed by atoms with van der Waals surface area (Å²) in [7, 11) is 1.75. The van der Waals surface area contributed by atoms with Crippen molar-refractivity contribution in [1.82, 2.24) is 5.32 Å². The fourth-order valence-corrected chi connectivity index (χ4v) is 4.39. The molecule has 0 amide bonds. The van der Waals surface area contributed by atoms with Gasteiger partial charge in [-0.15, -0.1) is 0 Å². The van der Waals surface area contributed by atoms with Gasteiger partial charge in [-0.2, -0.15) is 11.8 Å². The highest BCUT2D eigenvalue weighted by molar-refractivity contribution is 7.99. The van der Waals surface area contributed by atoms with Crippen molar-refractivity contribution in [3.05, 3.63) is 29.3 Å². The number of ether oxygens (including phenoxy) is 1. The molecule has 0 spiro atoms. The van der Waals surface area contributed by atoms with Crippen molar-refractivity contribution in [1.29, 1.82) is 0 Å². The summed E-state index contributed by atoms with van der Waals surface area (Å²) in [6.45, 7) is 3.47. The van der Waals surface area contributed by atoms with Crippen molar-refractivity contribution in [2.75, 3.05) is 19.4 Å². The van der Waals surface area contributed by atoms with Crippen LogP contribution in [-0.2, 0) is 6.42 Å². The third kappa shape index (κ3) is 2.26. The highest BCUT2D eigenvalue weighted by atomic mass is 32.2. The molecule has 2 nitrogen and oxygen atoms in total. The smallest absolute Gasteiger partial charge is 0.119 e. The Morgan fingerprint density at radius 2 is 2.28 bits per heavy atom. The third-order valence-corrected chi connectivity index (χ3v) is 5.74. The summed E-state index contributed by atoms with van der Waals surface area (Å²) in [4.78, 5) is 0. The summed E-state index contributed by atoms with van der Waals surface area (Å²) in [5.41, 5.74) is 2.96. The summed E-state index contributed by atoms with van der Waals surface area (Å²) in [5.74, 6) is 3.04. The van der Waals surface area contributed by atoms with Crippen molar-refractivity contribution >= 4 is 11.8 Å². The highest BCUT2D eigenvalue weighted by Crippen LogP contribution is 2.40. The molecular formula is C15H21NOS. The van der Waals surface area contributed by atoms with Crippen LogP contribution in [-0.4, -0.2) is 24.7 Å². The maximum atomic E-state index is 5.38. The second-order valence-electron chi connectivity index (χ2n) is 5.47. The van der Waals surface area contributed by atoms with Gasteiger partial charge in [0.15, 0.2) is 0 Å². The van der Waals surface area contributed by atoms with Gasteiger partial charge in [-0.3, -0.25) is 0 Å². The van der Waals surface area contributed by atoms with E-state index in [-0.39, 0.29) is 0 Å². The van der Waals surface area contributed by atoms with Gasteiger partial charge in [-0.25, -0.2) is 0 Å². The van der Waals surface area contributed by atoms with Gasteiger partial charge in [0.1, 0.15) is 5.75 Å². The molecule has 1 fully saturated rings. The van der Waals surface area contributed by atoms with Crippen LogP contribution in [0.25, 0.3) is 0 Å². The molecule has 1 saturated heterocycles. The molecular weight excluding hydrogens is 242 g/mol. The molecule has 1 aliphatic carbocycles. The van der Waals surface area contributed by atoms with Crippen LogP contribution < -0.4 is 10.1 Å². The Hall–Kier alpha value is -0.670. The maximum Gasteiger partial charge on any atom is 0.119 e. The fourth-order valence-electron chi connectivity index (χ4n) is 2.98. The number of hydrogen-bond donors (Lipinski definition) is 1. The van der Waals surface area contributed by atoms with Gasteiger partial charge < -0.3 is 10.1 Å². The first kappa shape index (κ1) is 12.4. The summed E-state index contributed by atoms with van der Waals surface area (Å²) < 4.78 is 5.38. The van der Waals surface area contributed by atoms with E-state index in [4.69, 9.17) is 4.74 Å². The van der Waals surface area contributed by atoms with Crippen molar-refractivity contribution < 1.29 is 4.74 Å². The predicted molar refractivity (Wildman–Crippen MR) is 77.5 cm³/mol. The van der Waals surface area contributed by atoms with Crippen LogP contribution in [0.5, 0.6) is 5.75 Å². The number of nitrogens with one attached hydrogen (secondary N) is 1. The SMILES string of the molecule is COc1ccc2c(c1)C1NCC(C)CSC1CC2. The molecule has 0 radical (unpaired) electrons. The Balaban J connectivity index is 1.94. The van der Waals surface area contributed by atoms with Crippen LogP contribution >= 0.6 is 11.8 Å². The number of rotatable bonds is 1. The monoisotopic (exact) mass is 263 g/mol. The Labute approximate surface area is 113 Å².